The molecule has 2 aliphatic heterocycles. The number of piperidine rings is 1. The molecule has 4 nitrogen and oxygen atoms in total. The first kappa shape index (κ1) is 18.8. The van der Waals surface area contributed by atoms with Crippen LogP contribution in [0.4, 0.5) is 0 Å². The lowest BCUT2D eigenvalue weighted by Crippen LogP contribution is -2.60. The van der Waals surface area contributed by atoms with Gasteiger partial charge in [0.2, 0.25) is 5.75 Å². The first-order valence-electron chi connectivity index (χ1n) is 10.7. The summed E-state index contributed by atoms with van der Waals surface area (Å²) in [6, 6.07) is 12.1. The maximum atomic E-state index is 5.95. The van der Waals surface area contributed by atoms with Gasteiger partial charge in [-0.15, -0.1) is 0 Å². The molecular weight excluding hydrogens is 362 g/mol. The molecule has 29 heavy (non-hydrogen) atoms. The van der Waals surface area contributed by atoms with E-state index in [-0.39, 0.29) is 5.41 Å². The van der Waals surface area contributed by atoms with E-state index in [1.54, 1.807) is 21.3 Å². The molecular formula is C25H31NO3. The highest BCUT2D eigenvalue weighted by molar-refractivity contribution is 5.61. The molecule has 2 bridgehead atoms. The summed E-state index contributed by atoms with van der Waals surface area (Å²) in [5.41, 5.74) is 5.87. The van der Waals surface area contributed by atoms with Crippen LogP contribution in [0, 0.1) is 5.92 Å². The Kier molecular flexibility index (Phi) is 4.32. The maximum absolute atomic E-state index is 5.95. The monoisotopic (exact) mass is 393 g/mol. The normalized spacial score (nSPS) is 30.0. The molecule has 154 valence electrons. The molecule has 1 saturated heterocycles. The number of ether oxygens (including phenoxy) is 3. The molecule has 3 aliphatic rings. The average Bonchev–Trinajstić information content (AvgIpc) is 2.74. The second kappa shape index (κ2) is 6.66. The summed E-state index contributed by atoms with van der Waals surface area (Å²) in [7, 11) is 5.14. The molecule has 0 N–H and O–H groups in total. The van der Waals surface area contributed by atoms with Gasteiger partial charge < -0.3 is 14.2 Å². The van der Waals surface area contributed by atoms with E-state index in [0.29, 0.717) is 23.8 Å². The van der Waals surface area contributed by atoms with Crippen LogP contribution in [0.1, 0.15) is 48.6 Å². The zero-order valence-electron chi connectivity index (χ0n) is 18.1. The highest BCUT2D eigenvalue weighted by Gasteiger charge is 2.53. The molecule has 5 rings (SSSR count). The Morgan fingerprint density at radius 1 is 1.00 bits per heavy atom. The fourth-order valence-electron chi connectivity index (χ4n) is 6.42. The quantitative estimate of drug-likeness (QED) is 0.766. The van der Waals surface area contributed by atoms with Crippen molar-refractivity contribution in [2.24, 2.45) is 5.92 Å². The van der Waals surface area contributed by atoms with Gasteiger partial charge in [0.1, 0.15) is 0 Å². The Hall–Kier alpha value is -2.20. The van der Waals surface area contributed by atoms with Gasteiger partial charge in [-0.05, 0) is 53.4 Å². The molecule has 4 atom stereocenters. The standard InChI is InChI=1S/C25H31NO3/c1-15-19-12-16-8-6-7-9-18(16)25(15,2)14-20-22-17(10-11-26(19)20)13-21(27-3)23(28-4)24(22)29-5/h6-9,13,15,19-20H,10-12,14H2,1-5H3/t15-,19?,20?,25+/m0/s1. The topological polar surface area (TPSA) is 30.9 Å². The molecule has 0 radical (unpaired) electrons. The first-order valence-corrected chi connectivity index (χ1v) is 10.7. The van der Waals surface area contributed by atoms with Gasteiger partial charge in [0.05, 0.1) is 21.3 Å². The van der Waals surface area contributed by atoms with Gasteiger partial charge in [-0.2, -0.15) is 0 Å². The number of hydrogen-bond acceptors (Lipinski definition) is 4. The molecule has 2 aromatic carbocycles. The van der Waals surface area contributed by atoms with Gasteiger partial charge in [-0.25, -0.2) is 0 Å². The molecule has 2 aromatic rings. The lowest BCUT2D eigenvalue weighted by atomic mass is 9.56. The highest BCUT2D eigenvalue weighted by atomic mass is 16.5. The van der Waals surface area contributed by atoms with Gasteiger partial charge >= 0.3 is 0 Å². The lowest BCUT2D eigenvalue weighted by molar-refractivity contribution is -0.0216. The molecule has 1 aliphatic carbocycles. The second-order valence-corrected chi connectivity index (χ2v) is 9.06. The largest absolute Gasteiger partial charge is 0.493 e. The van der Waals surface area contributed by atoms with Gasteiger partial charge in [0, 0.05) is 24.2 Å². The van der Waals surface area contributed by atoms with Crippen molar-refractivity contribution in [3.05, 3.63) is 52.6 Å². The van der Waals surface area contributed by atoms with Crippen molar-refractivity contribution in [1.82, 2.24) is 4.90 Å². The summed E-state index contributed by atoms with van der Waals surface area (Å²) in [6.45, 7) is 6.02. The van der Waals surface area contributed by atoms with Crippen LogP contribution in [0.5, 0.6) is 17.2 Å². The van der Waals surface area contributed by atoms with E-state index in [2.05, 4.69) is 49.1 Å². The zero-order valence-corrected chi connectivity index (χ0v) is 18.1. The van der Waals surface area contributed by atoms with E-state index in [0.717, 1.165) is 37.3 Å². The van der Waals surface area contributed by atoms with Crippen LogP contribution in [-0.4, -0.2) is 38.8 Å². The van der Waals surface area contributed by atoms with E-state index in [1.165, 1.54) is 22.3 Å². The third kappa shape index (κ3) is 2.48. The minimum atomic E-state index is 0.160. The Morgan fingerprint density at radius 3 is 2.48 bits per heavy atom. The molecule has 2 unspecified atom stereocenters. The Balaban J connectivity index is 1.69. The van der Waals surface area contributed by atoms with Crippen molar-refractivity contribution < 1.29 is 14.2 Å². The first-order chi connectivity index (χ1) is 14.0. The number of fused-ring (bicyclic) bond motifs is 8. The van der Waals surface area contributed by atoms with Gasteiger partial charge in [-0.3, -0.25) is 4.90 Å². The molecule has 0 saturated carbocycles. The summed E-state index contributed by atoms with van der Waals surface area (Å²) in [5, 5.41) is 0. The van der Waals surface area contributed by atoms with Crippen molar-refractivity contribution in [3.63, 3.8) is 0 Å². The van der Waals surface area contributed by atoms with E-state index in [9.17, 15) is 0 Å². The van der Waals surface area contributed by atoms with Crippen LogP contribution in [0.15, 0.2) is 30.3 Å². The Morgan fingerprint density at radius 2 is 1.76 bits per heavy atom. The third-order valence-electron chi connectivity index (χ3n) is 8.01. The van der Waals surface area contributed by atoms with E-state index >= 15 is 0 Å². The molecule has 1 fully saturated rings. The molecule has 0 amide bonds. The van der Waals surface area contributed by atoms with Crippen molar-refractivity contribution in [1.29, 1.82) is 0 Å². The molecule has 2 heterocycles. The predicted molar refractivity (Wildman–Crippen MR) is 114 cm³/mol. The fraction of sp³-hybridized carbons (Fsp3) is 0.520. The van der Waals surface area contributed by atoms with Crippen LogP contribution in [0.3, 0.4) is 0 Å². The Labute approximate surface area is 173 Å². The molecule has 4 heteroatoms. The molecule has 0 aromatic heterocycles. The van der Waals surface area contributed by atoms with Crippen LogP contribution in [-0.2, 0) is 18.3 Å². The van der Waals surface area contributed by atoms with Crippen molar-refractivity contribution in [2.75, 3.05) is 27.9 Å². The lowest BCUT2D eigenvalue weighted by Gasteiger charge is -2.59. The van der Waals surface area contributed by atoms with Gasteiger partial charge in [0.15, 0.2) is 11.5 Å². The van der Waals surface area contributed by atoms with Gasteiger partial charge in [0.25, 0.3) is 0 Å². The van der Waals surface area contributed by atoms with Crippen LogP contribution < -0.4 is 14.2 Å². The zero-order chi connectivity index (χ0) is 20.3. The number of benzene rings is 2. The maximum Gasteiger partial charge on any atom is 0.203 e. The second-order valence-electron chi connectivity index (χ2n) is 9.06. The Bertz CT molecular complexity index is 955. The summed E-state index contributed by atoms with van der Waals surface area (Å²) in [6.07, 6.45) is 3.25. The van der Waals surface area contributed by atoms with Crippen LogP contribution >= 0.6 is 0 Å². The number of nitrogens with zero attached hydrogens (tertiary/aromatic N) is 1. The van der Waals surface area contributed by atoms with E-state index in [1.807, 2.05) is 0 Å². The van der Waals surface area contributed by atoms with Crippen molar-refractivity contribution in [3.8, 4) is 17.2 Å². The average molecular weight is 394 g/mol. The fourth-order valence-corrected chi connectivity index (χ4v) is 6.42. The number of hydrogen-bond donors (Lipinski definition) is 0. The van der Waals surface area contributed by atoms with Crippen LogP contribution in [0.25, 0.3) is 0 Å². The number of rotatable bonds is 3. The summed E-state index contributed by atoms with van der Waals surface area (Å²) >= 11 is 0. The van der Waals surface area contributed by atoms with E-state index < -0.39 is 0 Å². The highest BCUT2D eigenvalue weighted by Crippen LogP contribution is 2.58. The van der Waals surface area contributed by atoms with Crippen molar-refractivity contribution >= 4 is 0 Å². The van der Waals surface area contributed by atoms with Crippen LogP contribution in [0.2, 0.25) is 0 Å². The minimum Gasteiger partial charge on any atom is -0.493 e. The summed E-state index contributed by atoms with van der Waals surface area (Å²) in [5.74, 6) is 2.95. The SMILES string of the molecule is COc1cc2c(c(OC)c1OC)C1C[C@@]3(C)c4ccccc4CC([C@@H]3C)N1CC2. The molecule has 0 spiro atoms. The minimum absolute atomic E-state index is 0.160. The van der Waals surface area contributed by atoms with Crippen molar-refractivity contribution in [2.45, 2.75) is 50.6 Å². The van der Waals surface area contributed by atoms with Gasteiger partial charge in [-0.1, -0.05) is 38.1 Å². The predicted octanol–water partition coefficient (Wildman–Crippen LogP) is 4.53. The van der Waals surface area contributed by atoms with E-state index in [4.69, 9.17) is 14.2 Å². The summed E-state index contributed by atoms with van der Waals surface area (Å²) < 4.78 is 17.3. The number of methoxy groups -OCH3 is 3. The third-order valence-corrected chi connectivity index (χ3v) is 8.01. The smallest absolute Gasteiger partial charge is 0.203 e. The summed E-state index contributed by atoms with van der Waals surface area (Å²) in [4.78, 5) is 2.75.